The molecule has 0 saturated carbocycles. The summed E-state index contributed by atoms with van der Waals surface area (Å²) in [7, 11) is 0. The summed E-state index contributed by atoms with van der Waals surface area (Å²) in [4.78, 5) is 19.3. The first-order valence-corrected chi connectivity index (χ1v) is 8.97. The lowest BCUT2D eigenvalue weighted by Gasteiger charge is -2.25. The molecule has 1 aromatic heterocycles. The van der Waals surface area contributed by atoms with E-state index >= 15 is 0 Å². The molecule has 25 heavy (non-hydrogen) atoms. The van der Waals surface area contributed by atoms with Gasteiger partial charge in [-0.05, 0) is 28.9 Å². The average molecular weight is 337 g/mol. The van der Waals surface area contributed by atoms with Gasteiger partial charge in [-0.2, -0.15) is 0 Å². The first-order chi connectivity index (χ1) is 11.9. The van der Waals surface area contributed by atoms with Gasteiger partial charge in [0.25, 0.3) is 0 Å². The maximum absolute atomic E-state index is 12.1. The van der Waals surface area contributed by atoms with Gasteiger partial charge in [0.05, 0.1) is 6.33 Å². The molecule has 0 aliphatic heterocycles. The zero-order chi connectivity index (χ0) is 17.9. The van der Waals surface area contributed by atoms with Crippen LogP contribution < -0.4 is 5.32 Å². The van der Waals surface area contributed by atoms with Gasteiger partial charge in [-0.15, -0.1) is 0 Å². The molecule has 4 heteroatoms. The molecule has 4 nitrogen and oxygen atoms in total. The third-order valence-electron chi connectivity index (χ3n) is 4.80. The van der Waals surface area contributed by atoms with Gasteiger partial charge in [0.15, 0.2) is 5.78 Å². The number of hydrogen-bond acceptors (Lipinski definition) is 3. The fraction of sp³-hybridized carbons (Fsp3) is 0.429. The first-order valence-electron chi connectivity index (χ1n) is 8.97. The van der Waals surface area contributed by atoms with Gasteiger partial charge in [-0.25, -0.2) is 4.98 Å². The van der Waals surface area contributed by atoms with Gasteiger partial charge in [0.1, 0.15) is 0 Å². The van der Waals surface area contributed by atoms with Crippen molar-refractivity contribution in [3.8, 4) is 0 Å². The van der Waals surface area contributed by atoms with Crippen LogP contribution in [0, 0.1) is 0 Å². The molecule has 2 N–H and O–H groups in total. The van der Waals surface area contributed by atoms with E-state index in [1.54, 1.807) is 12.4 Å². The van der Waals surface area contributed by atoms with E-state index in [-0.39, 0.29) is 17.1 Å². The monoisotopic (exact) mass is 337 g/mol. The molecule has 0 amide bonds. The van der Waals surface area contributed by atoms with Crippen LogP contribution >= 0.6 is 0 Å². The lowest BCUT2D eigenvalue weighted by Crippen LogP contribution is -2.24. The van der Waals surface area contributed by atoms with Crippen LogP contribution in [0.3, 0.4) is 0 Å². The zero-order valence-electron chi connectivity index (χ0n) is 15.3. The largest absolute Gasteiger partial charge is 0.388 e. The standard InChI is InChI=1S/C21H27N3O/c1-21(2,3)17-6-4-15(5-7-17)16-10-19(12-20(25)11-16)23-9-8-18-13-22-14-24-18/h4-7,12-14,16,23H,8-11H2,1-3H3,(H,22,24)/t16-/m0/s1. The minimum absolute atomic E-state index is 0.153. The maximum Gasteiger partial charge on any atom is 0.158 e. The number of ketones is 1. The van der Waals surface area contributed by atoms with E-state index in [4.69, 9.17) is 0 Å². The summed E-state index contributed by atoms with van der Waals surface area (Å²) in [5.41, 5.74) is 4.87. The van der Waals surface area contributed by atoms with E-state index in [1.807, 2.05) is 6.20 Å². The van der Waals surface area contributed by atoms with Gasteiger partial charge < -0.3 is 10.3 Å². The number of benzene rings is 1. The average Bonchev–Trinajstić information content (AvgIpc) is 3.07. The second kappa shape index (κ2) is 7.26. The summed E-state index contributed by atoms with van der Waals surface area (Å²) >= 11 is 0. The molecule has 2 aromatic rings. The van der Waals surface area contributed by atoms with E-state index in [9.17, 15) is 4.79 Å². The summed E-state index contributed by atoms with van der Waals surface area (Å²) in [5, 5.41) is 3.42. The molecule has 0 radical (unpaired) electrons. The van der Waals surface area contributed by atoms with Gasteiger partial charge in [0.2, 0.25) is 0 Å². The van der Waals surface area contributed by atoms with E-state index in [2.05, 4.69) is 60.3 Å². The van der Waals surface area contributed by atoms with Crippen molar-refractivity contribution in [1.29, 1.82) is 0 Å². The quantitative estimate of drug-likeness (QED) is 0.871. The highest BCUT2D eigenvalue weighted by atomic mass is 16.1. The van der Waals surface area contributed by atoms with Crippen molar-refractivity contribution in [3.63, 3.8) is 0 Å². The predicted octanol–water partition coefficient (Wildman–Crippen LogP) is 3.87. The summed E-state index contributed by atoms with van der Waals surface area (Å²) < 4.78 is 0. The number of nitrogens with one attached hydrogen (secondary N) is 2. The van der Waals surface area contributed by atoms with E-state index < -0.39 is 0 Å². The molecular weight excluding hydrogens is 310 g/mol. The smallest absolute Gasteiger partial charge is 0.158 e. The predicted molar refractivity (Wildman–Crippen MR) is 101 cm³/mol. The molecule has 1 aromatic carbocycles. The van der Waals surface area contributed by atoms with E-state index in [0.29, 0.717) is 6.42 Å². The normalized spacial score (nSPS) is 18.1. The topological polar surface area (TPSA) is 57.8 Å². The lowest BCUT2D eigenvalue weighted by molar-refractivity contribution is -0.115. The van der Waals surface area contributed by atoms with Crippen molar-refractivity contribution < 1.29 is 4.79 Å². The van der Waals surface area contributed by atoms with Crippen LogP contribution in [0.2, 0.25) is 0 Å². The highest BCUT2D eigenvalue weighted by molar-refractivity contribution is 5.91. The molecule has 0 fully saturated rings. The maximum atomic E-state index is 12.1. The van der Waals surface area contributed by atoms with Gasteiger partial charge >= 0.3 is 0 Å². The lowest BCUT2D eigenvalue weighted by atomic mass is 9.82. The van der Waals surface area contributed by atoms with Crippen LogP contribution in [0.25, 0.3) is 0 Å². The molecule has 3 rings (SSSR count). The van der Waals surface area contributed by atoms with Crippen LogP contribution in [0.1, 0.15) is 56.4 Å². The number of H-pyrrole nitrogens is 1. The zero-order valence-corrected chi connectivity index (χ0v) is 15.3. The molecule has 1 heterocycles. The molecule has 132 valence electrons. The van der Waals surface area contributed by atoms with Crippen molar-refractivity contribution in [2.24, 2.45) is 0 Å². The molecule has 1 aliphatic carbocycles. The number of carbonyl (C=O) groups excluding carboxylic acids is 1. The number of hydrogen-bond donors (Lipinski definition) is 2. The Kier molecular flexibility index (Phi) is 5.07. The van der Waals surface area contributed by atoms with E-state index in [0.717, 1.165) is 30.8 Å². The fourth-order valence-corrected chi connectivity index (χ4v) is 3.29. The Bertz CT molecular complexity index is 736. The van der Waals surface area contributed by atoms with Crippen LogP contribution in [0.4, 0.5) is 0 Å². The number of carbonyl (C=O) groups is 1. The van der Waals surface area contributed by atoms with Crippen molar-refractivity contribution in [2.45, 2.75) is 51.4 Å². The Morgan fingerprint density at radius 3 is 2.60 bits per heavy atom. The van der Waals surface area contributed by atoms with Crippen molar-refractivity contribution in [3.05, 3.63) is 65.4 Å². The highest BCUT2D eigenvalue weighted by Crippen LogP contribution is 2.32. The number of allylic oxidation sites excluding steroid dienone is 2. The minimum Gasteiger partial charge on any atom is -0.388 e. The van der Waals surface area contributed by atoms with Crippen LogP contribution in [-0.4, -0.2) is 22.3 Å². The Hall–Kier alpha value is -2.36. The molecule has 0 saturated heterocycles. The van der Waals surface area contributed by atoms with Crippen LogP contribution in [-0.2, 0) is 16.6 Å². The van der Waals surface area contributed by atoms with Crippen LogP contribution in [0.5, 0.6) is 0 Å². The van der Waals surface area contributed by atoms with Gasteiger partial charge in [-0.3, -0.25) is 4.79 Å². The Morgan fingerprint density at radius 1 is 1.20 bits per heavy atom. The molecule has 0 unspecified atom stereocenters. The number of aromatic nitrogens is 2. The number of nitrogens with zero attached hydrogens (tertiary/aromatic N) is 1. The second-order valence-corrected chi connectivity index (χ2v) is 7.87. The Labute approximate surface area is 149 Å². The summed E-state index contributed by atoms with van der Waals surface area (Å²) in [5.74, 6) is 0.473. The van der Waals surface area contributed by atoms with Crippen LogP contribution in [0.15, 0.2) is 48.6 Å². The minimum atomic E-state index is 0.153. The third-order valence-corrected chi connectivity index (χ3v) is 4.80. The van der Waals surface area contributed by atoms with Crippen molar-refractivity contribution in [1.82, 2.24) is 15.3 Å². The fourth-order valence-electron chi connectivity index (χ4n) is 3.29. The first kappa shape index (κ1) is 17.5. The Morgan fingerprint density at radius 2 is 1.96 bits per heavy atom. The second-order valence-electron chi connectivity index (χ2n) is 7.87. The van der Waals surface area contributed by atoms with Gasteiger partial charge in [0, 0.05) is 43.1 Å². The number of aromatic amines is 1. The number of imidazole rings is 1. The van der Waals surface area contributed by atoms with E-state index in [1.165, 1.54) is 11.1 Å². The summed E-state index contributed by atoms with van der Waals surface area (Å²) in [6.07, 6.45) is 7.66. The Balaban J connectivity index is 1.62. The summed E-state index contributed by atoms with van der Waals surface area (Å²) in [6, 6.07) is 8.77. The molecule has 0 spiro atoms. The summed E-state index contributed by atoms with van der Waals surface area (Å²) in [6.45, 7) is 7.46. The van der Waals surface area contributed by atoms with Gasteiger partial charge in [-0.1, -0.05) is 45.0 Å². The highest BCUT2D eigenvalue weighted by Gasteiger charge is 2.23. The number of rotatable bonds is 5. The molecular formula is C21H27N3O. The third kappa shape index (κ3) is 4.59. The molecule has 1 aliphatic rings. The SMILES string of the molecule is CC(C)(C)c1ccc([C@@H]2CC(=O)C=C(NCCc3cnc[nH]3)C2)cc1. The molecule has 0 bridgehead atoms. The van der Waals surface area contributed by atoms with Crippen molar-refractivity contribution in [2.75, 3.05) is 6.54 Å². The molecule has 1 atom stereocenters. The van der Waals surface area contributed by atoms with Crippen molar-refractivity contribution >= 4 is 5.78 Å².